The average Bonchev–Trinajstić information content (AvgIpc) is 3.18. The largest absolute Gasteiger partial charge is 0.364 e. The molecule has 3 heterocycles. The Bertz CT molecular complexity index is 542. The van der Waals surface area contributed by atoms with E-state index in [1.54, 1.807) is 10.9 Å². The van der Waals surface area contributed by atoms with Gasteiger partial charge in [-0.2, -0.15) is 0 Å². The first-order valence-corrected chi connectivity index (χ1v) is 7.36. The zero-order valence-electron chi connectivity index (χ0n) is 12.3. The van der Waals surface area contributed by atoms with E-state index < -0.39 is 5.91 Å². The second kappa shape index (κ2) is 7.06. The summed E-state index contributed by atoms with van der Waals surface area (Å²) < 4.78 is 1.64. The smallest absolute Gasteiger partial charge is 0.270 e. The predicted molar refractivity (Wildman–Crippen MR) is 81.6 cm³/mol. The Labute approximate surface area is 134 Å². The van der Waals surface area contributed by atoms with Crippen LogP contribution in [-0.2, 0) is 4.79 Å². The maximum Gasteiger partial charge on any atom is 0.270 e. The lowest BCUT2D eigenvalue weighted by Crippen LogP contribution is -2.45. The number of carbonyl (C=O) groups excluding carboxylic acids is 2. The fraction of sp³-hybridized carbons (Fsp3) is 0.692. The summed E-state index contributed by atoms with van der Waals surface area (Å²) in [6, 6.07) is 0.0240. The Morgan fingerprint density at radius 2 is 2.00 bits per heavy atom. The van der Waals surface area contributed by atoms with Crippen LogP contribution in [0.15, 0.2) is 6.20 Å². The number of rotatable bonds is 3. The lowest BCUT2D eigenvalue weighted by Gasteiger charge is -2.31. The van der Waals surface area contributed by atoms with Gasteiger partial charge in [-0.15, -0.1) is 17.5 Å². The second-order valence-corrected chi connectivity index (χ2v) is 5.73. The van der Waals surface area contributed by atoms with E-state index in [1.165, 1.54) is 0 Å². The van der Waals surface area contributed by atoms with Gasteiger partial charge < -0.3 is 16.0 Å². The third-order valence-electron chi connectivity index (χ3n) is 4.23. The molecule has 2 fully saturated rings. The molecule has 0 aromatic carbocycles. The van der Waals surface area contributed by atoms with Crippen LogP contribution in [0.2, 0.25) is 0 Å². The molecule has 0 bridgehead atoms. The lowest BCUT2D eigenvalue weighted by molar-refractivity contribution is -0.135. The van der Waals surface area contributed by atoms with E-state index in [2.05, 4.69) is 15.6 Å². The van der Waals surface area contributed by atoms with Gasteiger partial charge in [0.05, 0.1) is 18.2 Å². The number of halogens is 1. The number of nitrogens with zero attached hydrogens (tertiary/aromatic N) is 4. The number of piperidine rings is 1. The minimum absolute atomic E-state index is 0. The molecule has 2 saturated heterocycles. The van der Waals surface area contributed by atoms with Gasteiger partial charge in [-0.05, 0) is 19.3 Å². The molecule has 8 nitrogen and oxygen atoms in total. The van der Waals surface area contributed by atoms with E-state index in [0.717, 1.165) is 25.9 Å². The zero-order valence-corrected chi connectivity index (χ0v) is 13.1. The molecule has 0 saturated carbocycles. The van der Waals surface area contributed by atoms with Crippen LogP contribution >= 0.6 is 12.4 Å². The first-order chi connectivity index (χ1) is 10.1. The molecular formula is C13H21ClN6O2. The number of aromatic nitrogens is 3. The van der Waals surface area contributed by atoms with Gasteiger partial charge in [0.15, 0.2) is 5.69 Å². The van der Waals surface area contributed by atoms with Crippen LogP contribution in [0.3, 0.4) is 0 Å². The number of amides is 2. The fourth-order valence-corrected chi connectivity index (χ4v) is 3.07. The third-order valence-corrected chi connectivity index (χ3v) is 4.23. The average molecular weight is 329 g/mol. The topological polar surface area (TPSA) is 106 Å². The summed E-state index contributed by atoms with van der Waals surface area (Å²) in [4.78, 5) is 25.5. The van der Waals surface area contributed by atoms with Gasteiger partial charge in [-0.1, -0.05) is 5.21 Å². The molecule has 3 N–H and O–H groups in total. The predicted octanol–water partition coefficient (Wildman–Crippen LogP) is -0.428. The monoisotopic (exact) mass is 328 g/mol. The highest BCUT2D eigenvalue weighted by Crippen LogP contribution is 2.23. The van der Waals surface area contributed by atoms with Crippen molar-refractivity contribution in [1.82, 2.24) is 25.2 Å². The minimum atomic E-state index is -0.588. The summed E-state index contributed by atoms with van der Waals surface area (Å²) in [5, 5.41) is 11.0. The fourth-order valence-electron chi connectivity index (χ4n) is 3.07. The van der Waals surface area contributed by atoms with Gasteiger partial charge in [0.1, 0.15) is 0 Å². The number of hydrogen-bond acceptors (Lipinski definition) is 5. The van der Waals surface area contributed by atoms with E-state index in [1.807, 2.05) is 4.90 Å². The molecule has 2 aliphatic heterocycles. The molecule has 0 unspecified atom stereocenters. The first-order valence-electron chi connectivity index (χ1n) is 7.36. The lowest BCUT2D eigenvalue weighted by atomic mass is 9.94. The van der Waals surface area contributed by atoms with Crippen molar-refractivity contribution in [2.45, 2.75) is 25.3 Å². The van der Waals surface area contributed by atoms with Crippen LogP contribution in [0, 0.1) is 5.92 Å². The number of nitrogens with two attached hydrogens (primary N) is 1. The van der Waals surface area contributed by atoms with Crippen molar-refractivity contribution in [2.75, 3.05) is 26.2 Å². The standard InChI is InChI=1S/C13H20N6O2.ClH/c14-12(20)11-8-19(17-16-11)10-5-9(6-15-7-10)13(21)18-3-1-2-4-18;/h8-10,15H,1-7H2,(H2,14,20);1H/t9-,10+;/m1./s1. The van der Waals surface area contributed by atoms with Crippen molar-refractivity contribution in [1.29, 1.82) is 0 Å². The van der Waals surface area contributed by atoms with Crippen molar-refractivity contribution in [3.63, 3.8) is 0 Å². The van der Waals surface area contributed by atoms with Crippen LogP contribution < -0.4 is 11.1 Å². The summed E-state index contributed by atoms with van der Waals surface area (Å²) in [7, 11) is 0. The number of nitrogens with one attached hydrogen (secondary N) is 1. The van der Waals surface area contributed by atoms with Crippen molar-refractivity contribution in [2.24, 2.45) is 11.7 Å². The van der Waals surface area contributed by atoms with Crippen LogP contribution in [-0.4, -0.2) is 57.9 Å². The highest BCUT2D eigenvalue weighted by molar-refractivity contribution is 5.90. The summed E-state index contributed by atoms with van der Waals surface area (Å²) in [5.74, 6) is -0.405. The van der Waals surface area contributed by atoms with Crippen molar-refractivity contribution >= 4 is 24.2 Å². The molecular weight excluding hydrogens is 308 g/mol. The Hall–Kier alpha value is -1.67. The first kappa shape index (κ1) is 16.7. The summed E-state index contributed by atoms with van der Waals surface area (Å²) in [5.41, 5.74) is 5.34. The molecule has 2 atom stereocenters. The highest BCUT2D eigenvalue weighted by atomic mass is 35.5. The number of likely N-dealkylation sites (tertiary alicyclic amines) is 1. The molecule has 1 aromatic heterocycles. The molecule has 1 aromatic rings. The zero-order chi connectivity index (χ0) is 14.8. The van der Waals surface area contributed by atoms with Crippen LogP contribution in [0.4, 0.5) is 0 Å². The number of primary amides is 1. The quantitative estimate of drug-likeness (QED) is 0.783. The molecule has 2 amide bonds. The van der Waals surface area contributed by atoms with Gasteiger partial charge in [0.2, 0.25) is 5.91 Å². The molecule has 3 rings (SSSR count). The molecule has 122 valence electrons. The summed E-state index contributed by atoms with van der Waals surface area (Å²) >= 11 is 0. The van der Waals surface area contributed by atoms with E-state index in [0.29, 0.717) is 19.5 Å². The minimum Gasteiger partial charge on any atom is -0.364 e. The molecule has 0 radical (unpaired) electrons. The van der Waals surface area contributed by atoms with Gasteiger partial charge >= 0.3 is 0 Å². The molecule has 22 heavy (non-hydrogen) atoms. The van der Waals surface area contributed by atoms with Gasteiger partial charge in [-0.25, -0.2) is 4.68 Å². The van der Waals surface area contributed by atoms with Gasteiger partial charge in [-0.3, -0.25) is 9.59 Å². The van der Waals surface area contributed by atoms with Crippen LogP contribution in [0.5, 0.6) is 0 Å². The van der Waals surface area contributed by atoms with E-state index in [4.69, 9.17) is 5.73 Å². The van der Waals surface area contributed by atoms with Crippen molar-refractivity contribution in [3.05, 3.63) is 11.9 Å². The Balaban J connectivity index is 0.00000176. The van der Waals surface area contributed by atoms with Gasteiger partial charge in [0.25, 0.3) is 5.91 Å². The Kier molecular flexibility index (Phi) is 5.36. The van der Waals surface area contributed by atoms with E-state index >= 15 is 0 Å². The number of carbonyl (C=O) groups is 2. The maximum absolute atomic E-state index is 12.5. The summed E-state index contributed by atoms with van der Waals surface area (Å²) in [6.07, 6.45) is 4.46. The highest BCUT2D eigenvalue weighted by Gasteiger charge is 2.32. The summed E-state index contributed by atoms with van der Waals surface area (Å²) in [6.45, 7) is 3.15. The Morgan fingerprint density at radius 3 is 2.64 bits per heavy atom. The third kappa shape index (κ3) is 3.38. The van der Waals surface area contributed by atoms with Gasteiger partial charge in [0, 0.05) is 26.2 Å². The van der Waals surface area contributed by atoms with Crippen LogP contribution in [0.1, 0.15) is 35.8 Å². The second-order valence-electron chi connectivity index (χ2n) is 5.73. The molecule has 0 spiro atoms. The molecule has 9 heteroatoms. The van der Waals surface area contributed by atoms with Crippen molar-refractivity contribution < 1.29 is 9.59 Å². The molecule has 2 aliphatic rings. The normalized spacial score (nSPS) is 24.8. The van der Waals surface area contributed by atoms with Crippen LogP contribution in [0.25, 0.3) is 0 Å². The van der Waals surface area contributed by atoms with E-state index in [-0.39, 0.29) is 36.0 Å². The SMILES string of the molecule is Cl.NC(=O)c1cn([C@@H]2CNC[C@H](C(=O)N3CCCC3)C2)nn1. The Morgan fingerprint density at radius 1 is 1.27 bits per heavy atom. The van der Waals surface area contributed by atoms with E-state index in [9.17, 15) is 9.59 Å². The molecule has 0 aliphatic carbocycles. The maximum atomic E-state index is 12.5. The van der Waals surface area contributed by atoms with Crippen molar-refractivity contribution in [3.8, 4) is 0 Å². The number of hydrogen-bond donors (Lipinski definition) is 2.